The van der Waals surface area contributed by atoms with Crippen molar-refractivity contribution in [2.45, 2.75) is 6.42 Å². The minimum atomic E-state index is -0.411. The van der Waals surface area contributed by atoms with Gasteiger partial charge >= 0.3 is 0 Å². The average molecular weight is 351 g/mol. The van der Waals surface area contributed by atoms with Crippen molar-refractivity contribution in [2.75, 3.05) is 19.0 Å². The van der Waals surface area contributed by atoms with E-state index in [1.54, 1.807) is 13.2 Å². The third kappa shape index (κ3) is 4.19. The molecule has 0 unspecified atom stereocenters. The van der Waals surface area contributed by atoms with Crippen molar-refractivity contribution < 1.29 is 9.66 Å². The van der Waals surface area contributed by atoms with E-state index in [1.165, 1.54) is 17.7 Å². The summed E-state index contributed by atoms with van der Waals surface area (Å²) in [5.41, 5.74) is 2.11. The van der Waals surface area contributed by atoms with Crippen molar-refractivity contribution in [3.8, 4) is 5.75 Å². The zero-order valence-electron chi connectivity index (χ0n) is 11.5. The first-order valence-corrected chi connectivity index (χ1v) is 7.20. The number of rotatable bonds is 6. The van der Waals surface area contributed by atoms with E-state index in [-0.39, 0.29) is 5.69 Å². The van der Waals surface area contributed by atoms with Crippen LogP contribution in [0.3, 0.4) is 0 Å². The van der Waals surface area contributed by atoms with Gasteiger partial charge in [0, 0.05) is 28.8 Å². The lowest BCUT2D eigenvalue weighted by atomic mass is 10.1. The topological polar surface area (TPSA) is 64.4 Å². The minimum Gasteiger partial charge on any atom is -0.497 e. The summed E-state index contributed by atoms with van der Waals surface area (Å²) in [6.07, 6.45) is 0.855. The molecule has 5 nitrogen and oxygen atoms in total. The number of non-ortho nitro benzene ring substituents is 1. The van der Waals surface area contributed by atoms with E-state index >= 15 is 0 Å². The molecule has 2 aromatic carbocycles. The van der Waals surface area contributed by atoms with Crippen LogP contribution < -0.4 is 10.1 Å². The summed E-state index contributed by atoms with van der Waals surface area (Å²) in [6, 6.07) is 12.6. The first-order chi connectivity index (χ1) is 10.1. The Balaban J connectivity index is 1.92. The molecule has 6 heteroatoms. The number of hydrogen-bond acceptors (Lipinski definition) is 4. The molecule has 0 spiro atoms. The number of nitrogens with one attached hydrogen (secondary N) is 1. The zero-order valence-corrected chi connectivity index (χ0v) is 13.1. The van der Waals surface area contributed by atoms with Crippen LogP contribution >= 0.6 is 15.9 Å². The normalized spacial score (nSPS) is 10.2. The lowest BCUT2D eigenvalue weighted by molar-refractivity contribution is -0.384. The van der Waals surface area contributed by atoms with Crippen LogP contribution in [0, 0.1) is 10.1 Å². The quantitative estimate of drug-likeness (QED) is 0.631. The summed E-state index contributed by atoms with van der Waals surface area (Å²) >= 11 is 3.34. The van der Waals surface area contributed by atoms with Gasteiger partial charge < -0.3 is 10.1 Å². The van der Waals surface area contributed by atoms with Crippen molar-refractivity contribution in [3.63, 3.8) is 0 Å². The van der Waals surface area contributed by atoms with Crippen LogP contribution in [0.4, 0.5) is 11.4 Å². The molecule has 0 amide bonds. The molecule has 0 atom stereocenters. The fraction of sp³-hybridized carbons (Fsp3) is 0.200. The summed E-state index contributed by atoms with van der Waals surface area (Å²) in [4.78, 5) is 10.3. The average Bonchev–Trinajstić information content (AvgIpc) is 2.49. The SMILES string of the molecule is COc1ccc(CCNc2ccc([N+](=O)[O-])cc2Br)cc1. The van der Waals surface area contributed by atoms with Crippen LogP contribution in [0.25, 0.3) is 0 Å². The molecule has 110 valence electrons. The predicted octanol–water partition coefficient (Wildman–Crippen LogP) is 4.02. The molecule has 0 aliphatic rings. The maximum Gasteiger partial charge on any atom is 0.270 e. The Morgan fingerprint density at radius 3 is 2.52 bits per heavy atom. The summed E-state index contributed by atoms with van der Waals surface area (Å²) in [5.74, 6) is 0.838. The lowest BCUT2D eigenvalue weighted by Gasteiger charge is -2.09. The summed E-state index contributed by atoms with van der Waals surface area (Å²) < 4.78 is 5.80. The summed E-state index contributed by atoms with van der Waals surface area (Å²) in [7, 11) is 1.64. The molecule has 0 aromatic heterocycles. The van der Waals surface area contributed by atoms with Crippen LogP contribution in [0.1, 0.15) is 5.56 Å². The van der Waals surface area contributed by atoms with Gasteiger partial charge in [0.05, 0.1) is 12.0 Å². The summed E-state index contributed by atoms with van der Waals surface area (Å²) in [6.45, 7) is 0.739. The summed E-state index contributed by atoms with van der Waals surface area (Å²) in [5, 5.41) is 13.9. The van der Waals surface area contributed by atoms with Crippen molar-refractivity contribution in [2.24, 2.45) is 0 Å². The monoisotopic (exact) mass is 350 g/mol. The van der Waals surface area contributed by atoms with Crippen LogP contribution in [0.15, 0.2) is 46.9 Å². The molecule has 0 aliphatic carbocycles. The Bertz CT molecular complexity index is 629. The molecule has 21 heavy (non-hydrogen) atoms. The first-order valence-electron chi connectivity index (χ1n) is 6.41. The van der Waals surface area contributed by atoms with E-state index in [1.807, 2.05) is 24.3 Å². The molecule has 0 fully saturated rings. The zero-order chi connectivity index (χ0) is 15.2. The standard InChI is InChI=1S/C15H15BrN2O3/c1-21-13-5-2-11(3-6-13)8-9-17-15-7-4-12(18(19)20)10-14(15)16/h2-7,10,17H,8-9H2,1H3. The molecule has 0 saturated heterocycles. The smallest absolute Gasteiger partial charge is 0.270 e. The van der Waals surface area contributed by atoms with Crippen LogP contribution in [0.5, 0.6) is 5.75 Å². The van der Waals surface area contributed by atoms with E-state index in [0.29, 0.717) is 4.47 Å². The van der Waals surface area contributed by atoms with Gasteiger partial charge in [0.2, 0.25) is 0 Å². The highest BCUT2D eigenvalue weighted by Crippen LogP contribution is 2.27. The Morgan fingerprint density at radius 2 is 1.95 bits per heavy atom. The molecule has 0 bridgehead atoms. The van der Waals surface area contributed by atoms with E-state index in [0.717, 1.165) is 24.4 Å². The largest absolute Gasteiger partial charge is 0.497 e. The van der Waals surface area contributed by atoms with Gasteiger partial charge in [-0.2, -0.15) is 0 Å². The Morgan fingerprint density at radius 1 is 1.24 bits per heavy atom. The van der Waals surface area contributed by atoms with E-state index in [4.69, 9.17) is 4.74 Å². The maximum absolute atomic E-state index is 10.7. The second-order valence-electron chi connectivity index (χ2n) is 4.45. The molecule has 0 radical (unpaired) electrons. The van der Waals surface area contributed by atoms with Gasteiger partial charge in [-0.3, -0.25) is 10.1 Å². The van der Waals surface area contributed by atoms with E-state index in [9.17, 15) is 10.1 Å². The van der Waals surface area contributed by atoms with Gasteiger partial charge in [0.1, 0.15) is 5.75 Å². The van der Waals surface area contributed by atoms with Gasteiger partial charge in [0.25, 0.3) is 5.69 Å². The fourth-order valence-electron chi connectivity index (χ4n) is 1.89. The lowest BCUT2D eigenvalue weighted by Crippen LogP contribution is -2.05. The molecule has 0 aliphatic heterocycles. The third-order valence-corrected chi connectivity index (χ3v) is 3.71. The third-order valence-electron chi connectivity index (χ3n) is 3.05. The molecule has 2 rings (SSSR count). The Kier molecular flexibility index (Phi) is 5.16. The number of ether oxygens (including phenoxy) is 1. The predicted molar refractivity (Wildman–Crippen MR) is 86.0 cm³/mol. The van der Waals surface area contributed by atoms with Crippen molar-refractivity contribution in [3.05, 3.63) is 62.6 Å². The van der Waals surface area contributed by atoms with E-state index < -0.39 is 4.92 Å². The number of methoxy groups -OCH3 is 1. The van der Waals surface area contributed by atoms with Crippen molar-refractivity contribution in [1.29, 1.82) is 0 Å². The first kappa shape index (κ1) is 15.3. The number of hydrogen-bond donors (Lipinski definition) is 1. The van der Waals surface area contributed by atoms with Gasteiger partial charge in [-0.25, -0.2) is 0 Å². The molecule has 2 aromatic rings. The molecular formula is C15H15BrN2O3. The molecule has 0 saturated carbocycles. The number of nitro groups is 1. The fourth-order valence-corrected chi connectivity index (χ4v) is 2.40. The van der Waals surface area contributed by atoms with Crippen LogP contribution in [-0.2, 0) is 6.42 Å². The van der Waals surface area contributed by atoms with Crippen molar-refractivity contribution >= 4 is 27.3 Å². The Hall–Kier alpha value is -2.08. The number of nitro benzene ring substituents is 1. The number of nitrogens with zero attached hydrogens (tertiary/aromatic N) is 1. The highest BCUT2D eigenvalue weighted by molar-refractivity contribution is 9.10. The van der Waals surface area contributed by atoms with Gasteiger partial charge in [0.15, 0.2) is 0 Å². The second-order valence-corrected chi connectivity index (χ2v) is 5.30. The van der Waals surface area contributed by atoms with Gasteiger partial charge in [-0.05, 0) is 46.1 Å². The van der Waals surface area contributed by atoms with Gasteiger partial charge in [-0.15, -0.1) is 0 Å². The molecule has 0 heterocycles. The van der Waals surface area contributed by atoms with Crippen molar-refractivity contribution in [1.82, 2.24) is 0 Å². The van der Waals surface area contributed by atoms with Gasteiger partial charge in [-0.1, -0.05) is 12.1 Å². The number of benzene rings is 2. The second kappa shape index (κ2) is 7.08. The number of anilines is 1. The van der Waals surface area contributed by atoms with Crippen LogP contribution in [-0.4, -0.2) is 18.6 Å². The molecule has 1 N–H and O–H groups in total. The maximum atomic E-state index is 10.7. The number of halogens is 1. The molecular weight excluding hydrogens is 336 g/mol. The van der Waals surface area contributed by atoms with E-state index in [2.05, 4.69) is 21.2 Å². The highest BCUT2D eigenvalue weighted by Gasteiger charge is 2.08. The Labute approximate surface area is 131 Å². The highest BCUT2D eigenvalue weighted by atomic mass is 79.9. The van der Waals surface area contributed by atoms with Crippen LogP contribution in [0.2, 0.25) is 0 Å². The minimum absolute atomic E-state index is 0.0718.